The number of nitrogens with one attached hydrogen (secondary N) is 1. The predicted molar refractivity (Wildman–Crippen MR) is 72.0 cm³/mol. The van der Waals surface area contributed by atoms with Crippen molar-refractivity contribution in [3.8, 4) is 0 Å². The molecule has 2 fully saturated rings. The first-order valence-electron chi connectivity index (χ1n) is 7.71. The fourth-order valence-electron chi connectivity index (χ4n) is 3.63. The summed E-state index contributed by atoms with van der Waals surface area (Å²) in [6.45, 7) is 3.38. The Hall–Kier alpha value is -0.0800. The molecular formula is C15H29NO. The quantitative estimate of drug-likeness (QED) is 0.790. The van der Waals surface area contributed by atoms with E-state index in [9.17, 15) is 5.11 Å². The highest BCUT2D eigenvalue weighted by Gasteiger charge is 2.28. The second kappa shape index (κ2) is 6.75. The van der Waals surface area contributed by atoms with Crippen LogP contribution in [0.3, 0.4) is 0 Å². The third kappa shape index (κ3) is 3.96. The third-order valence-corrected chi connectivity index (χ3v) is 4.89. The highest BCUT2D eigenvalue weighted by atomic mass is 16.3. The summed E-state index contributed by atoms with van der Waals surface area (Å²) in [6.07, 6.45) is 11.6. The molecule has 0 radical (unpaired) electrons. The predicted octanol–water partition coefficient (Wildman–Crippen LogP) is 3.10. The van der Waals surface area contributed by atoms with Crippen LogP contribution < -0.4 is 5.32 Å². The summed E-state index contributed by atoms with van der Waals surface area (Å²) in [7, 11) is 0. The number of hydrogen-bond donors (Lipinski definition) is 2. The van der Waals surface area contributed by atoms with Crippen molar-refractivity contribution in [1.29, 1.82) is 0 Å². The molecule has 3 atom stereocenters. The van der Waals surface area contributed by atoms with Crippen molar-refractivity contribution >= 4 is 0 Å². The second-order valence-corrected chi connectivity index (χ2v) is 6.17. The molecule has 0 bridgehead atoms. The van der Waals surface area contributed by atoms with Crippen molar-refractivity contribution in [2.24, 2.45) is 11.8 Å². The maximum atomic E-state index is 10.4. The van der Waals surface area contributed by atoms with Gasteiger partial charge in [0.05, 0.1) is 6.10 Å². The smallest absolute Gasteiger partial charge is 0.0695 e. The monoisotopic (exact) mass is 239 g/mol. The van der Waals surface area contributed by atoms with Crippen molar-refractivity contribution in [2.75, 3.05) is 6.54 Å². The van der Waals surface area contributed by atoms with Gasteiger partial charge in [0, 0.05) is 6.04 Å². The number of aliphatic hydroxyl groups excluding tert-OH is 1. The van der Waals surface area contributed by atoms with Gasteiger partial charge in [-0.05, 0) is 37.6 Å². The van der Waals surface area contributed by atoms with Crippen LogP contribution in [0.4, 0.5) is 0 Å². The molecule has 100 valence electrons. The van der Waals surface area contributed by atoms with Crippen molar-refractivity contribution in [1.82, 2.24) is 5.32 Å². The highest BCUT2D eigenvalue weighted by Crippen LogP contribution is 2.30. The molecule has 2 rings (SSSR count). The van der Waals surface area contributed by atoms with Gasteiger partial charge in [0.25, 0.3) is 0 Å². The summed E-state index contributed by atoms with van der Waals surface area (Å²) in [5.74, 6) is 1.63. The molecule has 1 saturated carbocycles. The highest BCUT2D eigenvalue weighted by molar-refractivity contribution is 4.85. The van der Waals surface area contributed by atoms with Gasteiger partial charge >= 0.3 is 0 Å². The van der Waals surface area contributed by atoms with Gasteiger partial charge in [0.1, 0.15) is 0 Å². The van der Waals surface area contributed by atoms with Gasteiger partial charge in [0.15, 0.2) is 0 Å². The number of aliphatic hydroxyl groups is 1. The van der Waals surface area contributed by atoms with Gasteiger partial charge in [-0.15, -0.1) is 0 Å². The van der Waals surface area contributed by atoms with Crippen LogP contribution in [0.2, 0.25) is 0 Å². The molecule has 0 aromatic heterocycles. The van der Waals surface area contributed by atoms with Crippen LogP contribution in [0.25, 0.3) is 0 Å². The Morgan fingerprint density at radius 3 is 2.59 bits per heavy atom. The number of piperidine rings is 1. The number of rotatable bonds is 4. The lowest BCUT2D eigenvalue weighted by Crippen LogP contribution is -2.46. The molecule has 0 spiro atoms. The summed E-state index contributed by atoms with van der Waals surface area (Å²) in [5.41, 5.74) is 0. The van der Waals surface area contributed by atoms with Crippen LogP contribution in [0.5, 0.6) is 0 Å². The van der Waals surface area contributed by atoms with E-state index in [1.54, 1.807) is 0 Å². The van der Waals surface area contributed by atoms with Crippen LogP contribution in [0.1, 0.15) is 64.7 Å². The molecule has 2 heteroatoms. The summed E-state index contributed by atoms with van der Waals surface area (Å²) >= 11 is 0. The third-order valence-electron chi connectivity index (χ3n) is 4.89. The van der Waals surface area contributed by atoms with E-state index in [-0.39, 0.29) is 6.10 Å². The summed E-state index contributed by atoms with van der Waals surface area (Å²) in [5, 5.41) is 13.9. The first-order chi connectivity index (χ1) is 8.29. The summed E-state index contributed by atoms with van der Waals surface area (Å²) in [4.78, 5) is 0. The van der Waals surface area contributed by atoms with Crippen LogP contribution in [0.15, 0.2) is 0 Å². The standard InChI is InChI=1S/C15H29NO/c1-2-12-8-9-16-14(10-12)15(17)11-13-6-4-3-5-7-13/h12-17H,2-11H2,1H3. The first kappa shape index (κ1) is 13.4. The minimum Gasteiger partial charge on any atom is -0.391 e. The van der Waals surface area contributed by atoms with E-state index in [4.69, 9.17) is 0 Å². The molecule has 17 heavy (non-hydrogen) atoms. The zero-order chi connectivity index (χ0) is 12.1. The van der Waals surface area contributed by atoms with Gasteiger partial charge in [-0.2, -0.15) is 0 Å². The van der Waals surface area contributed by atoms with Gasteiger partial charge < -0.3 is 10.4 Å². The van der Waals surface area contributed by atoms with E-state index in [0.29, 0.717) is 6.04 Å². The molecule has 0 aromatic carbocycles. The van der Waals surface area contributed by atoms with E-state index in [1.807, 2.05) is 0 Å². The normalized spacial score (nSPS) is 33.5. The molecule has 0 amide bonds. The molecule has 2 aliphatic rings. The van der Waals surface area contributed by atoms with Crippen LogP contribution in [0, 0.1) is 11.8 Å². The van der Waals surface area contributed by atoms with Gasteiger partial charge in [-0.3, -0.25) is 0 Å². The number of hydrogen-bond acceptors (Lipinski definition) is 2. The van der Waals surface area contributed by atoms with E-state index in [1.165, 1.54) is 51.4 Å². The lowest BCUT2D eigenvalue weighted by Gasteiger charge is -2.35. The second-order valence-electron chi connectivity index (χ2n) is 6.17. The minimum absolute atomic E-state index is 0.104. The molecule has 1 heterocycles. The Morgan fingerprint density at radius 1 is 1.12 bits per heavy atom. The first-order valence-corrected chi connectivity index (χ1v) is 7.71. The van der Waals surface area contributed by atoms with E-state index >= 15 is 0 Å². The molecule has 2 nitrogen and oxygen atoms in total. The Labute approximate surface area is 106 Å². The molecule has 3 unspecified atom stereocenters. The van der Waals surface area contributed by atoms with Crippen molar-refractivity contribution in [2.45, 2.75) is 76.9 Å². The van der Waals surface area contributed by atoms with Crippen molar-refractivity contribution in [3.63, 3.8) is 0 Å². The lowest BCUT2D eigenvalue weighted by molar-refractivity contribution is 0.0693. The lowest BCUT2D eigenvalue weighted by atomic mass is 9.81. The Bertz CT molecular complexity index is 213. The Kier molecular flexibility index (Phi) is 5.30. The van der Waals surface area contributed by atoms with Crippen LogP contribution >= 0.6 is 0 Å². The molecule has 2 N–H and O–H groups in total. The molecule has 1 aliphatic heterocycles. The van der Waals surface area contributed by atoms with Gasteiger partial charge in [-0.1, -0.05) is 45.4 Å². The van der Waals surface area contributed by atoms with E-state index in [0.717, 1.165) is 24.8 Å². The van der Waals surface area contributed by atoms with Crippen molar-refractivity contribution < 1.29 is 5.11 Å². The summed E-state index contributed by atoms with van der Waals surface area (Å²) in [6, 6.07) is 0.371. The average Bonchev–Trinajstić information content (AvgIpc) is 2.40. The van der Waals surface area contributed by atoms with Gasteiger partial charge in [0.2, 0.25) is 0 Å². The summed E-state index contributed by atoms with van der Waals surface area (Å²) < 4.78 is 0. The molecular weight excluding hydrogens is 210 g/mol. The van der Waals surface area contributed by atoms with E-state index in [2.05, 4.69) is 12.2 Å². The maximum absolute atomic E-state index is 10.4. The molecule has 0 aromatic rings. The molecule has 1 aliphatic carbocycles. The zero-order valence-electron chi connectivity index (χ0n) is 11.3. The minimum atomic E-state index is -0.104. The van der Waals surface area contributed by atoms with E-state index < -0.39 is 0 Å². The largest absolute Gasteiger partial charge is 0.391 e. The fourth-order valence-corrected chi connectivity index (χ4v) is 3.63. The van der Waals surface area contributed by atoms with Crippen LogP contribution in [-0.2, 0) is 0 Å². The Balaban J connectivity index is 1.75. The zero-order valence-corrected chi connectivity index (χ0v) is 11.3. The van der Waals surface area contributed by atoms with Crippen LogP contribution in [-0.4, -0.2) is 23.8 Å². The van der Waals surface area contributed by atoms with Crippen molar-refractivity contribution in [3.05, 3.63) is 0 Å². The SMILES string of the molecule is CCC1CCNC(C(O)CC2CCCCC2)C1. The molecule has 1 saturated heterocycles. The maximum Gasteiger partial charge on any atom is 0.0695 e. The van der Waals surface area contributed by atoms with Gasteiger partial charge in [-0.25, -0.2) is 0 Å². The Morgan fingerprint density at radius 2 is 1.88 bits per heavy atom. The topological polar surface area (TPSA) is 32.3 Å². The average molecular weight is 239 g/mol. The fraction of sp³-hybridized carbons (Fsp3) is 1.00.